The summed E-state index contributed by atoms with van der Waals surface area (Å²) in [6.07, 6.45) is 1.36. The van der Waals surface area contributed by atoms with Crippen molar-refractivity contribution < 1.29 is 14.7 Å². The van der Waals surface area contributed by atoms with E-state index in [1.165, 1.54) is 24.3 Å². The molecular weight excluding hydrogens is 238 g/mol. The molecule has 80 valence electrons. The van der Waals surface area contributed by atoms with Crippen molar-refractivity contribution in [2.45, 2.75) is 6.92 Å². The third-order valence-electron chi connectivity index (χ3n) is 1.42. The second-order valence-corrected chi connectivity index (χ2v) is 4.43. The van der Waals surface area contributed by atoms with Gasteiger partial charge in [-0.2, -0.15) is 0 Å². The fraction of sp³-hybridized carbons (Fsp3) is 0.111. The molecule has 4 nitrogen and oxygen atoms in total. The van der Waals surface area contributed by atoms with Crippen molar-refractivity contribution in [3.05, 3.63) is 27.0 Å². The van der Waals surface area contributed by atoms with E-state index >= 15 is 0 Å². The standard InChI is InChI=1S/C9H8ClNO3S/c1-5(12)11-7(9(13)14)4-6-2-3-8(10)15-6/h2-4H,1H3,(H,11,12)(H,13,14)/b7-4+. The lowest BCUT2D eigenvalue weighted by molar-refractivity contribution is -0.134. The van der Waals surface area contributed by atoms with Crippen molar-refractivity contribution in [2.24, 2.45) is 0 Å². The molecule has 15 heavy (non-hydrogen) atoms. The number of carbonyl (C=O) groups is 2. The Morgan fingerprint density at radius 1 is 1.53 bits per heavy atom. The first-order valence-corrected chi connectivity index (χ1v) is 5.16. The molecule has 1 amide bonds. The van der Waals surface area contributed by atoms with Gasteiger partial charge in [-0.3, -0.25) is 4.79 Å². The maximum Gasteiger partial charge on any atom is 0.352 e. The molecule has 1 heterocycles. The number of hydrogen-bond donors (Lipinski definition) is 2. The van der Waals surface area contributed by atoms with E-state index in [2.05, 4.69) is 5.32 Å². The Bertz CT molecular complexity index is 425. The van der Waals surface area contributed by atoms with Crippen molar-refractivity contribution in [3.8, 4) is 0 Å². The van der Waals surface area contributed by atoms with Crippen LogP contribution in [0.15, 0.2) is 17.8 Å². The van der Waals surface area contributed by atoms with Crippen molar-refractivity contribution in [2.75, 3.05) is 0 Å². The summed E-state index contributed by atoms with van der Waals surface area (Å²) in [5, 5.41) is 11.0. The Morgan fingerprint density at radius 3 is 2.60 bits per heavy atom. The molecule has 1 aromatic rings. The van der Waals surface area contributed by atoms with Crippen LogP contribution in [0.1, 0.15) is 11.8 Å². The average Bonchev–Trinajstić information content (AvgIpc) is 2.49. The number of hydrogen-bond acceptors (Lipinski definition) is 3. The van der Waals surface area contributed by atoms with Gasteiger partial charge in [0, 0.05) is 11.8 Å². The van der Waals surface area contributed by atoms with Crippen LogP contribution in [0.2, 0.25) is 4.34 Å². The molecule has 6 heteroatoms. The number of nitrogens with one attached hydrogen (secondary N) is 1. The summed E-state index contributed by atoms with van der Waals surface area (Å²) in [4.78, 5) is 22.1. The number of aliphatic carboxylic acids is 1. The number of thiophene rings is 1. The van der Waals surface area contributed by atoms with E-state index in [-0.39, 0.29) is 5.70 Å². The lowest BCUT2D eigenvalue weighted by atomic mass is 10.3. The summed E-state index contributed by atoms with van der Waals surface area (Å²) in [5.41, 5.74) is -0.166. The summed E-state index contributed by atoms with van der Waals surface area (Å²) in [5.74, 6) is -1.61. The minimum Gasteiger partial charge on any atom is -0.477 e. The molecule has 0 aliphatic rings. The third-order valence-corrected chi connectivity index (χ3v) is 2.60. The second kappa shape index (κ2) is 4.95. The molecule has 0 aromatic carbocycles. The molecule has 0 spiro atoms. The van der Waals surface area contributed by atoms with Crippen LogP contribution in [0.5, 0.6) is 0 Å². The van der Waals surface area contributed by atoms with Crippen molar-refractivity contribution in [3.63, 3.8) is 0 Å². The molecule has 1 rings (SSSR count). The molecule has 2 N–H and O–H groups in total. The molecule has 0 aliphatic carbocycles. The Labute approximate surface area is 95.2 Å². The molecule has 1 aromatic heterocycles. The highest BCUT2D eigenvalue weighted by Gasteiger charge is 2.09. The Kier molecular flexibility index (Phi) is 3.88. The number of carboxylic acids is 1. The zero-order valence-corrected chi connectivity index (χ0v) is 9.35. The van der Waals surface area contributed by atoms with E-state index in [0.717, 1.165) is 0 Å². The van der Waals surface area contributed by atoms with E-state index in [1.54, 1.807) is 12.1 Å². The molecule has 0 radical (unpaired) electrons. The largest absolute Gasteiger partial charge is 0.477 e. The van der Waals surface area contributed by atoms with Gasteiger partial charge in [0.05, 0.1) is 4.34 Å². The van der Waals surface area contributed by atoms with Crippen LogP contribution < -0.4 is 5.32 Å². The Hall–Kier alpha value is -1.33. The molecule has 0 atom stereocenters. The van der Waals surface area contributed by atoms with E-state index in [0.29, 0.717) is 9.21 Å². The van der Waals surface area contributed by atoms with Crippen LogP contribution in [0.3, 0.4) is 0 Å². The van der Waals surface area contributed by atoms with Crippen LogP contribution in [-0.4, -0.2) is 17.0 Å². The number of carboxylic acid groups (broad SMARTS) is 1. The quantitative estimate of drug-likeness (QED) is 0.800. The minimum absolute atomic E-state index is 0.166. The molecule has 0 bridgehead atoms. The van der Waals surface area contributed by atoms with Gasteiger partial charge in [0.1, 0.15) is 5.70 Å². The zero-order chi connectivity index (χ0) is 11.4. The molecule has 0 saturated heterocycles. The first kappa shape index (κ1) is 11.7. The molecule has 0 unspecified atom stereocenters. The maximum atomic E-state index is 10.7. The van der Waals surface area contributed by atoms with Crippen molar-refractivity contribution in [1.29, 1.82) is 0 Å². The Morgan fingerprint density at radius 2 is 2.20 bits per heavy atom. The van der Waals surface area contributed by atoms with Crippen LogP contribution in [0, 0.1) is 0 Å². The SMILES string of the molecule is CC(=O)N/C(=C/c1ccc(Cl)s1)C(=O)O. The monoisotopic (exact) mass is 245 g/mol. The van der Waals surface area contributed by atoms with Crippen LogP contribution in [0.25, 0.3) is 6.08 Å². The highest BCUT2D eigenvalue weighted by molar-refractivity contribution is 7.17. The third kappa shape index (κ3) is 3.73. The van der Waals surface area contributed by atoms with Crippen molar-refractivity contribution in [1.82, 2.24) is 5.32 Å². The predicted octanol–water partition coefficient (Wildman–Crippen LogP) is 1.96. The number of carbonyl (C=O) groups excluding carboxylic acids is 1. The van der Waals surface area contributed by atoms with Gasteiger partial charge in [0.25, 0.3) is 0 Å². The maximum absolute atomic E-state index is 10.7. The second-order valence-electron chi connectivity index (χ2n) is 2.69. The summed E-state index contributed by atoms with van der Waals surface area (Å²) in [6.45, 7) is 1.25. The smallest absolute Gasteiger partial charge is 0.352 e. The topological polar surface area (TPSA) is 66.4 Å². The van der Waals surface area contributed by atoms with Gasteiger partial charge in [-0.1, -0.05) is 11.6 Å². The lowest BCUT2D eigenvalue weighted by Gasteiger charge is -2.00. The highest BCUT2D eigenvalue weighted by Crippen LogP contribution is 2.23. The highest BCUT2D eigenvalue weighted by atomic mass is 35.5. The number of rotatable bonds is 3. The Balaban J connectivity index is 2.93. The van der Waals surface area contributed by atoms with Crippen LogP contribution in [-0.2, 0) is 9.59 Å². The minimum atomic E-state index is -1.19. The fourth-order valence-electron chi connectivity index (χ4n) is 0.889. The van der Waals surface area contributed by atoms with Gasteiger partial charge >= 0.3 is 5.97 Å². The van der Waals surface area contributed by atoms with Crippen LogP contribution in [0.4, 0.5) is 0 Å². The van der Waals surface area contributed by atoms with Gasteiger partial charge < -0.3 is 10.4 Å². The van der Waals surface area contributed by atoms with Gasteiger partial charge in [0.2, 0.25) is 5.91 Å². The fourth-order valence-corrected chi connectivity index (χ4v) is 1.89. The lowest BCUT2D eigenvalue weighted by Crippen LogP contribution is -2.24. The number of halogens is 1. The molecule has 0 fully saturated rings. The molecule has 0 aliphatic heterocycles. The van der Waals surface area contributed by atoms with E-state index in [9.17, 15) is 9.59 Å². The zero-order valence-electron chi connectivity index (χ0n) is 7.78. The van der Waals surface area contributed by atoms with Gasteiger partial charge in [0.15, 0.2) is 0 Å². The predicted molar refractivity (Wildman–Crippen MR) is 58.8 cm³/mol. The first-order chi connectivity index (χ1) is 6.99. The molecule has 0 saturated carbocycles. The summed E-state index contributed by atoms with van der Waals surface area (Å²) in [7, 11) is 0. The normalized spacial score (nSPS) is 11.2. The van der Waals surface area contributed by atoms with E-state index in [1.807, 2.05) is 0 Å². The van der Waals surface area contributed by atoms with E-state index < -0.39 is 11.9 Å². The van der Waals surface area contributed by atoms with Gasteiger partial charge in [-0.25, -0.2) is 4.79 Å². The first-order valence-electron chi connectivity index (χ1n) is 3.97. The van der Waals surface area contributed by atoms with E-state index in [4.69, 9.17) is 16.7 Å². The van der Waals surface area contributed by atoms with Crippen LogP contribution >= 0.6 is 22.9 Å². The molecular formula is C9H8ClNO3S. The van der Waals surface area contributed by atoms with Gasteiger partial charge in [-0.05, 0) is 18.2 Å². The average molecular weight is 246 g/mol. The summed E-state index contributed by atoms with van der Waals surface area (Å²) >= 11 is 6.92. The van der Waals surface area contributed by atoms with Gasteiger partial charge in [-0.15, -0.1) is 11.3 Å². The summed E-state index contributed by atoms with van der Waals surface area (Å²) in [6, 6.07) is 3.34. The van der Waals surface area contributed by atoms with Crippen molar-refractivity contribution >= 4 is 40.9 Å². The summed E-state index contributed by atoms with van der Waals surface area (Å²) < 4.78 is 0.564. The number of amides is 1.